The van der Waals surface area contributed by atoms with E-state index >= 15 is 0 Å². The predicted octanol–water partition coefficient (Wildman–Crippen LogP) is -7.56. The maximum Gasteiger partial charge on any atom is -1.00 e. The molecule has 5 heteroatoms. The van der Waals surface area contributed by atoms with E-state index in [4.69, 9.17) is 0 Å². The average molecular weight is 281 g/mol. The van der Waals surface area contributed by atoms with Crippen LogP contribution in [0.15, 0.2) is 22.5 Å². The summed E-state index contributed by atoms with van der Waals surface area (Å²) in [5.41, 5.74) is 0. The molecule has 0 heterocycles. The normalized spacial score (nSPS) is 12.1. The third-order valence-corrected chi connectivity index (χ3v) is 3.56. The molecular weight excluding hydrogens is 267 g/mol. The minimum atomic E-state index is 0. The Kier molecular flexibility index (Phi) is 16.4. The number of hydrogen-bond acceptors (Lipinski definition) is 1. The first-order valence-electron chi connectivity index (χ1n) is 3.47. The van der Waals surface area contributed by atoms with Crippen molar-refractivity contribution in [2.75, 3.05) is 19.4 Å². The molecule has 0 amide bonds. The summed E-state index contributed by atoms with van der Waals surface area (Å²) < 4.78 is 1.66. The maximum atomic E-state index is 2.27. The molecule has 0 atom stereocenters. The van der Waals surface area contributed by atoms with Crippen LogP contribution < -0.4 is 37.2 Å². The molecule has 0 spiro atoms. The standard InChI is InChI=1S/C5H5.C3H8N.3ClH.V/c1-2-4-5-3-1;1-4(2)3;;;;/h1-3H,4H2;1H2,2-3H3;3*1H;/q;;;;;+3/p-3. The second-order valence-corrected chi connectivity index (χ2v) is 4.50. The van der Waals surface area contributed by atoms with Gasteiger partial charge in [0.1, 0.15) is 0 Å². The molecule has 1 rings (SSSR count). The molecule has 0 fully saturated rings. The monoisotopic (exact) mass is 279 g/mol. The molecule has 1 aliphatic rings. The number of allylic oxidation sites excluding steroid dienone is 4. The van der Waals surface area contributed by atoms with Crippen molar-refractivity contribution < 1.29 is 53.5 Å². The molecule has 1 nitrogen and oxygen atoms in total. The van der Waals surface area contributed by atoms with Gasteiger partial charge in [-0.3, -0.25) is 0 Å². The molecule has 0 saturated heterocycles. The van der Waals surface area contributed by atoms with Crippen LogP contribution in [0.3, 0.4) is 0 Å². The molecule has 0 N–H and O–H groups in total. The van der Waals surface area contributed by atoms with Gasteiger partial charge in [0.2, 0.25) is 0 Å². The van der Waals surface area contributed by atoms with E-state index in [2.05, 4.69) is 37.2 Å². The van der Waals surface area contributed by atoms with Gasteiger partial charge in [-0.1, -0.05) is 0 Å². The smallest absolute Gasteiger partial charge is 1.00 e. The van der Waals surface area contributed by atoms with E-state index in [1.807, 2.05) is 0 Å². The van der Waals surface area contributed by atoms with Crippen LogP contribution in [0.4, 0.5) is 0 Å². The quantitative estimate of drug-likeness (QED) is 0.497. The SMILES string of the molecule is CN(C)[CH2][V+3][C]1=CC=CC1.[Cl-].[Cl-].[Cl-]. The fraction of sp³-hybridized carbons (Fsp3) is 0.500. The van der Waals surface area contributed by atoms with Gasteiger partial charge < -0.3 is 37.2 Å². The molecular formula is C8H13Cl3NV. The first-order chi connectivity index (χ1) is 4.79. The van der Waals surface area contributed by atoms with Crippen LogP contribution in [0, 0.1) is 0 Å². The Balaban J connectivity index is -0.000000333. The van der Waals surface area contributed by atoms with Gasteiger partial charge in [-0.05, 0) is 0 Å². The van der Waals surface area contributed by atoms with Crippen molar-refractivity contribution in [1.29, 1.82) is 0 Å². The van der Waals surface area contributed by atoms with E-state index in [0.717, 1.165) is 0 Å². The van der Waals surface area contributed by atoms with Crippen LogP contribution in [0.1, 0.15) is 6.42 Å². The minimum absolute atomic E-state index is 0. The van der Waals surface area contributed by atoms with E-state index in [-0.39, 0.29) is 37.2 Å². The fourth-order valence-electron chi connectivity index (χ4n) is 0.785. The molecule has 0 radical (unpaired) electrons. The molecule has 0 aromatic heterocycles. The van der Waals surface area contributed by atoms with Gasteiger partial charge in [0.05, 0.1) is 0 Å². The largest absolute Gasteiger partial charge is 1.00 e. The van der Waals surface area contributed by atoms with E-state index < -0.39 is 0 Å². The number of rotatable bonds is 3. The van der Waals surface area contributed by atoms with E-state index in [9.17, 15) is 0 Å². The second kappa shape index (κ2) is 11.0. The van der Waals surface area contributed by atoms with Gasteiger partial charge in [0, 0.05) is 0 Å². The van der Waals surface area contributed by atoms with Crippen molar-refractivity contribution in [1.82, 2.24) is 4.90 Å². The summed E-state index contributed by atoms with van der Waals surface area (Å²) in [6.45, 7) is 0. The van der Waals surface area contributed by atoms with Crippen molar-refractivity contribution in [3.05, 3.63) is 22.5 Å². The fourth-order valence-corrected chi connectivity index (χ4v) is 2.18. The summed E-state index contributed by atoms with van der Waals surface area (Å²) in [5.74, 6) is 0. The summed E-state index contributed by atoms with van der Waals surface area (Å²) >= 11 is 0.441. The number of nitrogens with zero attached hydrogens (tertiary/aromatic N) is 1. The van der Waals surface area contributed by atoms with Crippen LogP contribution in [0.2, 0.25) is 0 Å². The molecule has 0 aliphatic heterocycles. The molecule has 76 valence electrons. The average Bonchev–Trinajstić information content (AvgIpc) is 2.34. The predicted molar refractivity (Wildman–Crippen MR) is 40.4 cm³/mol. The topological polar surface area (TPSA) is 3.24 Å². The van der Waals surface area contributed by atoms with Crippen molar-refractivity contribution in [3.63, 3.8) is 0 Å². The molecule has 0 saturated carbocycles. The zero-order chi connectivity index (χ0) is 7.40. The maximum absolute atomic E-state index is 2.27. The first-order valence-corrected chi connectivity index (χ1v) is 5.15. The van der Waals surface area contributed by atoms with Gasteiger partial charge in [-0.15, -0.1) is 0 Å². The summed E-state index contributed by atoms with van der Waals surface area (Å²) in [7, 11) is 4.27. The van der Waals surface area contributed by atoms with Gasteiger partial charge in [0.15, 0.2) is 0 Å². The van der Waals surface area contributed by atoms with Crippen LogP contribution in [-0.2, 0) is 16.3 Å². The zero-order valence-corrected chi connectivity index (χ0v) is 11.3. The van der Waals surface area contributed by atoms with Gasteiger partial charge in [-0.2, -0.15) is 0 Å². The third-order valence-electron chi connectivity index (χ3n) is 1.31. The van der Waals surface area contributed by atoms with Gasteiger partial charge in [-0.25, -0.2) is 0 Å². The Morgan fingerprint density at radius 1 is 1.31 bits per heavy atom. The first kappa shape index (κ1) is 19.5. The number of halogens is 3. The van der Waals surface area contributed by atoms with E-state index in [1.165, 1.54) is 11.7 Å². The van der Waals surface area contributed by atoms with Crippen molar-refractivity contribution in [2.45, 2.75) is 6.42 Å². The minimum Gasteiger partial charge on any atom is -1.00 e. The van der Waals surface area contributed by atoms with Gasteiger partial charge >= 0.3 is 69.5 Å². The second-order valence-electron chi connectivity index (χ2n) is 2.67. The Bertz CT molecular complexity index is 169. The molecule has 0 unspecified atom stereocenters. The van der Waals surface area contributed by atoms with Crippen LogP contribution in [0.5, 0.6) is 0 Å². The van der Waals surface area contributed by atoms with Crippen molar-refractivity contribution in [3.8, 4) is 0 Å². The van der Waals surface area contributed by atoms with Crippen molar-refractivity contribution in [2.24, 2.45) is 0 Å². The Labute approximate surface area is 106 Å². The summed E-state index contributed by atoms with van der Waals surface area (Å²) in [6, 6.07) is 0. The summed E-state index contributed by atoms with van der Waals surface area (Å²) in [6.07, 6.45) is 7.89. The molecule has 1 aliphatic carbocycles. The molecule has 0 aromatic rings. The summed E-state index contributed by atoms with van der Waals surface area (Å²) in [4.78, 5) is 2.26. The van der Waals surface area contributed by atoms with E-state index in [0.29, 0.717) is 16.3 Å². The Hall–Kier alpha value is 0.894. The van der Waals surface area contributed by atoms with Crippen LogP contribution >= 0.6 is 0 Å². The van der Waals surface area contributed by atoms with E-state index in [1.54, 1.807) is 4.28 Å². The van der Waals surface area contributed by atoms with Crippen LogP contribution in [-0.4, -0.2) is 24.3 Å². The molecule has 0 bridgehead atoms. The third kappa shape index (κ3) is 9.20. The molecule has 0 aromatic carbocycles. The summed E-state index contributed by atoms with van der Waals surface area (Å²) in [5, 5.41) is 1.27. The Morgan fingerprint density at radius 3 is 2.31 bits per heavy atom. The molecule has 13 heavy (non-hydrogen) atoms. The zero-order valence-electron chi connectivity index (χ0n) is 7.67. The number of hydrogen-bond donors (Lipinski definition) is 0. The van der Waals surface area contributed by atoms with Gasteiger partial charge in [0.25, 0.3) is 0 Å². The van der Waals surface area contributed by atoms with Crippen LogP contribution in [0.25, 0.3) is 0 Å². The van der Waals surface area contributed by atoms with Crippen molar-refractivity contribution >= 4 is 0 Å². The Morgan fingerprint density at radius 2 is 1.92 bits per heavy atom.